The second kappa shape index (κ2) is 3.82. The Morgan fingerprint density at radius 1 is 1.29 bits per heavy atom. The number of aliphatic imine (C=N–C) groups is 1. The zero-order chi connectivity index (χ0) is 10.7. The van der Waals surface area contributed by atoms with Crippen LogP contribution in [0.5, 0.6) is 0 Å². The number of rotatable bonds is 1. The number of nitrogens with two attached hydrogens (primary N) is 2. The SMILES string of the molecule is NC(N)=NC(=O)c1cc(F)ccc1F. The maximum atomic E-state index is 12.9. The molecule has 0 atom stereocenters. The molecule has 0 radical (unpaired) electrons. The van der Waals surface area contributed by atoms with Crippen molar-refractivity contribution >= 4 is 11.9 Å². The predicted octanol–water partition coefficient (Wildman–Crippen LogP) is 0.378. The number of carbonyl (C=O) groups excluding carboxylic acids is 1. The number of carbonyl (C=O) groups is 1. The molecular weight excluding hydrogens is 192 g/mol. The smallest absolute Gasteiger partial charge is 0.283 e. The Morgan fingerprint density at radius 2 is 1.93 bits per heavy atom. The summed E-state index contributed by atoms with van der Waals surface area (Å²) in [6.07, 6.45) is 0. The molecule has 1 amide bonds. The molecule has 0 spiro atoms. The first-order chi connectivity index (χ1) is 6.50. The highest BCUT2D eigenvalue weighted by molar-refractivity contribution is 6.01. The van der Waals surface area contributed by atoms with E-state index in [1.807, 2.05) is 0 Å². The van der Waals surface area contributed by atoms with Gasteiger partial charge >= 0.3 is 0 Å². The number of nitrogens with zero attached hydrogens (tertiary/aromatic N) is 1. The fraction of sp³-hybridized carbons (Fsp3) is 0. The van der Waals surface area contributed by atoms with Crippen molar-refractivity contribution in [3.05, 3.63) is 35.4 Å². The predicted molar refractivity (Wildman–Crippen MR) is 46.5 cm³/mol. The summed E-state index contributed by atoms with van der Waals surface area (Å²) in [6.45, 7) is 0. The Morgan fingerprint density at radius 3 is 2.50 bits per heavy atom. The van der Waals surface area contributed by atoms with Crippen LogP contribution in [0.25, 0.3) is 0 Å². The van der Waals surface area contributed by atoms with Gasteiger partial charge in [0.05, 0.1) is 5.56 Å². The van der Waals surface area contributed by atoms with Crippen molar-refractivity contribution in [2.24, 2.45) is 16.5 Å². The maximum Gasteiger partial charge on any atom is 0.283 e. The molecule has 0 heterocycles. The lowest BCUT2D eigenvalue weighted by Gasteiger charge is -1.98. The first kappa shape index (κ1) is 10.1. The Labute approximate surface area is 78.2 Å². The average molecular weight is 199 g/mol. The van der Waals surface area contributed by atoms with Gasteiger partial charge in [-0.05, 0) is 18.2 Å². The van der Waals surface area contributed by atoms with Gasteiger partial charge in [-0.2, -0.15) is 4.99 Å². The molecule has 1 rings (SSSR count). The molecule has 0 fully saturated rings. The number of amides is 1. The third kappa shape index (κ3) is 2.25. The molecule has 4 nitrogen and oxygen atoms in total. The summed E-state index contributed by atoms with van der Waals surface area (Å²) in [5.74, 6) is -3.12. The average Bonchev–Trinajstić information content (AvgIpc) is 2.08. The van der Waals surface area contributed by atoms with E-state index in [0.717, 1.165) is 18.2 Å². The molecular formula is C8H7F2N3O. The van der Waals surface area contributed by atoms with Crippen molar-refractivity contribution in [3.8, 4) is 0 Å². The Bertz CT molecular complexity index is 400. The van der Waals surface area contributed by atoms with Crippen LogP contribution < -0.4 is 11.5 Å². The highest BCUT2D eigenvalue weighted by Gasteiger charge is 2.11. The van der Waals surface area contributed by atoms with Gasteiger partial charge in [0.2, 0.25) is 0 Å². The topological polar surface area (TPSA) is 81.5 Å². The van der Waals surface area contributed by atoms with E-state index in [9.17, 15) is 13.6 Å². The lowest BCUT2D eigenvalue weighted by molar-refractivity contribution is 0.0998. The van der Waals surface area contributed by atoms with Crippen LogP contribution >= 0.6 is 0 Å². The first-order valence-electron chi connectivity index (χ1n) is 3.59. The quantitative estimate of drug-likeness (QED) is 0.506. The molecule has 0 aliphatic carbocycles. The second-order valence-corrected chi connectivity index (χ2v) is 2.47. The molecule has 74 valence electrons. The van der Waals surface area contributed by atoms with Gasteiger partial charge in [0, 0.05) is 0 Å². The summed E-state index contributed by atoms with van der Waals surface area (Å²) in [4.78, 5) is 14.2. The second-order valence-electron chi connectivity index (χ2n) is 2.47. The van der Waals surface area contributed by atoms with Crippen LogP contribution in [0.15, 0.2) is 23.2 Å². The Kier molecular flexibility index (Phi) is 2.76. The monoisotopic (exact) mass is 199 g/mol. The largest absolute Gasteiger partial charge is 0.370 e. The molecule has 0 aliphatic rings. The normalized spacial score (nSPS) is 9.57. The van der Waals surface area contributed by atoms with E-state index >= 15 is 0 Å². The summed E-state index contributed by atoms with van der Waals surface area (Å²) in [6, 6.07) is 2.44. The molecule has 1 aromatic carbocycles. The van der Waals surface area contributed by atoms with Crippen LogP contribution in [-0.2, 0) is 0 Å². The number of hydrogen-bond acceptors (Lipinski definition) is 1. The van der Waals surface area contributed by atoms with Gasteiger partial charge in [0.25, 0.3) is 5.91 Å². The van der Waals surface area contributed by atoms with E-state index in [1.54, 1.807) is 0 Å². The number of hydrogen-bond donors (Lipinski definition) is 2. The standard InChI is InChI=1S/C8H7F2N3O/c9-4-1-2-6(10)5(3-4)7(14)13-8(11)12/h1-3H,(H4,11,12,13,14). The maximum absolute atomic E-state index is 12.9. The van der Waals surface area contributed by atoms with Crippen molar-refractivity contribution in [1.82, 2.24) is 0 Å². The summed E-state index contributed by atoms with van der Waals surface area (Å²) < 4.78 is 25.5. The highest BCUT2D eigenvalue weighted by atomic mass is 19.1. The van der Waals surface area contributed by atoms with E-state index in [4.69, 9.17) is 11.5 Å². The summed E-state index contributed by atoms with van der Waals surface area (Å²) in [5, 5.41) is 0. The number of guanidine groups is 1. The van der Waals surface area contributed by atoms with E-state index in [-0.39, 0.29) is 0 Å². The van der Waals surface area contributed by atoms with Gasteiger partial charge in [-0.3, -0.25) is 4.79 Å². The minimum Gasteiger partial charge on any atom is -0.370 e. The van der Waals surface area contributed by atoms with Crippen LogP contribution in [0.4, 0.5) is 8.78 Å². The molecule has 0 bridgehead atoms. The van der Waals surface area contributed by atoms with Crippen LogP contribution in [-0.4, -0.2) is 11.9 Å². The molecule has 0 saturated heterocycles. The molecule has 14 heavy (non-hydrogen) atoms. The molecule has 0 aromatic heterocycles. The molecule has 0 saturated carbocycles. The van der Waals surface area contributed by atoms with Crippen LogP contribution in [0, 0.1) is 11.6 Å². The van der Waals surface area contributed by atoms with Gasteiger partial charge in [-0.1, -0.05) is 0 Å². The van der Waals surface area contributed by atoms with Crippen LogP contribution in [0.1, 0.15) is 10.4 Å². The van der Waals surface area contributed by atoms with Crippen molar-refractivity contribution in [1.29, 1.82) is 0 Å². The molecule has 6 heteroatoms. The van der Waals surface area contributed by atoms with E-state index in [2.05, 4.69) is 4.99 Å². The van der Waals surface area contributed by atoms with Gasteiger partial charge in [-0.15, -0.1) is 0 Å². The van der Waals surface area contributed by atoms with Gasteiger partial charge in [-0.25, -0.2) is 8.78 Å². The third-order valence-electron chi connectivity index (χ3n) is 1.39. The first-order valence-corrected chi connectivity index (χ1v) is 3.59. The van der Waals surface area contributed by atoms with Crippen LogP contribution in [0.3, 0.4) is 0 Å². The van der Waals surface area contributed by atoms with E-state index in [1.165, 1.54) is 0 Å². The van der Waals surface area contributed by atoms with Crippen molar-refractivity contribution in [2.75, 3.05) is 0 Å². The summed E-state index contributed by atoms with van der Waals surface area (Å²) in [5.41, 5.74) is 9.32. The number of benzene rings is 1. The fourth-order valence-electron chi connectivity index (χ4n) is 0.839. The highest BCUT2D eigenvalue weighted by Crippen LogP contribution is 2.10. The lowest BCUT2D eigenvalue weighted by Crippen LogP contribution is -2.24. The fourth-order valence-corrected chi connectivity index (χ4v) is 0.839. The lowest BCUT2D eigenvalue weighted by atomic mass is 10.2. The zero-order valence-electron chi connectivity index (χ0n) is 7.00. The van der Waals surface area contributed by atoms with Crippen molar-refractivity contribution in [3.63, 3.8) is 0 Å². The van der Waals surface area contributed by atoms with E-state index < -0.39 is 29.1 Å². The number of halogens is 2. The minimum atomic E-state index is -1.01. The molecule has 0 aliphatic heterocycles. The molecule has 4 N–H and O–H groups in total. The zero-order valence-corrected chi connectivity index (χ0v) is 7.00. The summed E-state index contributed by atoms with van der Waals surface area (Å²) >= 11 is 0. The van der Waals surface area contributed by atoms with E-state index in [0.29, 0.717) is 0 Å². The molecule has 0 unspecified atom stereocenters. The Hall–Kier alpha value is -1.98. The van der Waals surface area contributed by atoms with Gasteiger partial charge in [0.15, 0.2) is 5.96 Å². The van der Waals surface area contributed by atoms with Gasteiger partial charge < -0.3 is 11.5 Å². The summed E-state index contributed by atoms with van der Waals surface area (Å²) in [7, 11) is 0. The van der Waals surface area contributed by atoms with Crippen molar-refractivity contribution < 1.29 is 13.6 Å². The van der Waals surface area contributed by atoms with Crippen molar-refractivity contribution in [2.45, 2.75) is 0 Å². The van der Waals surface area contributed by atoms with Gasteiger partial charge in [0.1, 0.15) is 11.6 Å². The Balaban J connectivity index is 3.12. The molecule has 1 aromatic rings. The van der Waals surface area contributed by atoms with Crippen LogP contribution in [0.2, 0.25) is 0 Å². The third-order valence-corrected chi connectivity index (χ3v) is 1.39. The minimum absolute atomic E-state index is 0.501.